The van der Waals surface area contributed by atoms with Crippen molar-refractivity contribution in [3.63, 3.8) is 0 Å². The number of hydrogen-bond donors (Lipinski definition) is 1. The van der Waals surface area contributed by atoms with Crippen molar-refractivity contribution in [3.8, 4) is 5.75 Å². The van der Waals surface area contributed by atoms with Gasteiger partial charge in [-0.2, -0.15) is 0 Å². The quantitative estimate of drug-likeness (QED) is 0.393. The molecule has 6 heteroatoms. The molecule has 0 bridgehead atoms. The van der Waals surface area contributed by atoms with Gasteiger partial charge in [-0.25, -0.2) is 4.39 Å². The average Bonchev–Trinajstić information content (AvgIpc) is 2.88. The smallest absolute Gasteiger partial charge is 0.261 e. The van der Waals surface area contributed by atoms with Gasteiger partial charge in [0.05, 0.1) is 0 Å². The highest BCUT2D eigenvalue weighted by molar-refractivity contribution is 5.88. The fraction of sp³-hybridized carbons (Fsp3) is 0.333. The molecule has 0 saturated carbocycles. The van der Waals surface area contributed by atoms with E-state index in [1.54, 1.807) is 17.0 Å². The molecular formula is C30H35FN2O3. The molecule has 2 amide bonds. The van der Waals surface area contributed by atoms with E-state index in [-0.39, 0.29) is 36.8 Å². The lowest BCUT2D eigenvalue weighted by molar-refractivity contribution is -0.143. The first kappa shape index (κ1) is 26.9. The number of ether oxygens (including phenoxy) is 1. The number of amides is 2. The Morgan fingerprint density at radius 1 is 0.944 bits per heavy atom. The number of hydrogen-bond acceptors (Lipinski definition) is 3. The van der Waals surface area contributed by atoms with E-state index in [0.29, 0.717) is 12.2 Å². The first-order valence-electron chi connectivity index (χ1n) is 12.3. The zero-order chi connectivity index (χ0) is 26.1. The van der Waals surface area contributed by atoms with Gasteiger partial charge >= 0.3 is 0 Å². The van der Waals surface area contributed by atoms with Crippen LogP contribution < -0.4 is 10.1 Å². The van der Waals surface area contributed by atoms with Crippen molar-refractivity contribution in [3.05, 3.63) is 101 Å². The van der Waals surface area contributed by atoms with Crippen LogP contribution in [0.15, 0.2) is 72.8 Å². The standard InChI is InChI=1S/C30H35FN2O3/c1-5-23(4)32-30(35)28(18-24-9-7-6-8-10-24)33(19-25-12-14-26(31)15-13-25)29(34)20-36-27-16-11-21(2)22(3)17-27/h6-17,23,28H,5,18-20H2,1-4H3,(H,32,35)/t23-,28+/m0/s1. The summed E-state index contributed by atoms with van der Waals surface area (Å²) in [6.45, 7) is 7.87. The average molecular weight is 491 g/mol. The maximum Gasteiger partial charge on any atom is 0.261 e. The molecule has 0 aliphatic rings. The molecule has 0 saturated heterocycles. The number of nitrogens with zero attached hydrogens (tertiary/aromatic N) is 1. The lowest BCUT2D eigenvalue weighted by Crippen LogP contribution is -2.53. The molecule has 3 aromatic carbocycles. The monoisotopic (exact) mass is 490 g/mol. The van der Waals surface area contributed by atoms with E-state index in [4.69, 9.17) is 4.74 Å². The summed E-state index contributed by atoms with van der Waals surface area (Å²) >= 11 is 0. The molecule has 0 aliphatic heterocycles. The molecule has 5 nitrogen and oxygen atoms in total. The molecular weight excluding hydrogens is 455 g/mol. The van der Waals surface area contributed by atoms with Gasteiger partial charge in [0.15, 0.2) is 6.61 Å². The minimum atomic E-state index is -0.762. The van der Waals surface area contributed by atoms with Crippen molar-refractivity contribution in [2.75, 3.05) is 6.61 Å². The molecule has 36 heavy (non-hydrogen) atoms. The predicted molar refractivity (Wildman–Crippen MR) is 140 cm³/mol. The fourth-order valence-corrected chi connectivity index (χ4v) is 3.81. The third-order valence-corrected chi connectivity index (χ3v) is 6.38. The van der Waals surface area contributed by atoms with Crippen LogP contribution in [0.2, 0.25) is 0 Å². The normalized spacial score (nSPS) is 12.5. The molecule has 0 spiro atoms. The molecule has 190 valence electrons. The van der Waals surface area contributed by atoms with Crippen molar-refractivity contribution in [1.82, 2.24) is 10.2 Å². The van der Waals surface area contributed by atoms with Crippen LogP contribution in [-0.2, 0) is 22.6 Å². The summed E-state index contributed by atoms with van der Waals surface area (Å²) < 4.78 is 19.4. The van der Waals surface area contributed by atoms with Crippen LogP contribution in [0.3, 0.4) is 0 Å². The van der Waals surface area contributed by atoms with E-state index in [1.807, 2.05) is 76.2 Å². The number of aryl methyl sites for hydroxylation is 2. The largest absolute Gasteiger partial charge is 0.484 e. The first-order valence-corrected chi connectivity index (χ1v) is 12.3. The molecule has 0 aromatic heterocycles. The lowest BCUT2D eigenvalue weighted by atomic mass is 10.0. The maximum atomic E-state index is 13.6. The van der Waals surface area contributed by atoms with E-state index in [0.717, 1.165) is 28.7 Å². The van der Waals surface area contributed by atoms with E-state index in [1.165, 1.54) is 12.1 Å². The Bertz CT molecular complexity index is 1150. The fourth-order valence-electron chi connectivity index (χ4n) is 3.81. The van der Waals surface area contributed by atoms with Crippen LogP contribution in [0.4, 0.5) is 4.39 Å². The Labute approximate surface area is 213 Å². The number of carbonyl (C=O) groups excluding carboxylic acids is 2. The third kappa shape index (κ3) is 7.67. The lowest BCUT2D eigenvalue weighted by Gasteiger charge is -2.32. The van der Waals surface area contributed by atoms with Crippen molar-refractivity contribution >= 4 is 11.8 Å². The molecule has 0 radical (unpaired) electrons. The molecule has 0 aliphatic carbocycles. The SMILES string of the molecule is CC[C@H](C)NC(=O)[C@@H](Cc1ccccc1)N(Cc1ccc(F)cc1)C(=O)COc1ccc(C)c(C)c1. The van der Waals surface area contributed by atoms with Crippen LogP contribution in [0.5, 0.6) is 5.75 Å². The number of carbonyl (C=O) groups is 2. The molecule has 0 unspecified atom stereocenters. The Hall–Kier alpha value is -3.67. The van der Waals surface area contributed by atoms with Crippen molar-refractivity contribution in [1.29, 1.82) is 0 Å². The highest BCUT2D eigenvalue weighted by atomic mass is 19.1. The number of rotatable bonds is 11. The minimum absolute atomic E-state index is 0.0367. The first-order chi connectivity index (χ1) is 17.3. The van der Waals surface area contributed by atoms with Gasteiger partial charge in [0.25, 0.3) is 5.91 Å². The Morgan fingerprint density at radius 2 is 1.64 bits per heavy atom. The Kier molecular flexibility index (Phi) is 9.62. The van der Waals surface area contributed by atoms with Crippen LogP contribution in [0, 0.1) is 19.7 Å². The van der Waals surface area contributed by atoms with E-state index in [2.05, 4.69) is 5.32 Å². The van der Waals surface area contributed by atoms with E-state index < -0.39 is 6.04 Å². The molecule has 3 aromatic rings. The van der Waals surface area contributed by atoms with Gasteiger partial charge in [0.2, 0.25) is 5.91 Å². The molecule has 0 heterocycles. The van der Waals surface area contributed by atoms with Gasteiger partial charge in [-0.15, -0.1) is 0 Å². The van der Waals surface area contributed by atoms with Crippen LogP contribution in [0.25, 0.3) is 0 Å². The minimum Gasteiger partial charge on any atom is -0.484 e. The number of nitrogens with one attached hydrogen (secondary N) is 1. The van der Waals surface area contributed by atoms with E-state index >= 15 is 0 Å². The van der Waals surface area contributed by atoms with Gasteiger partial charge < -0.3 is 15.0 Å². The van der Waals surface area contributed by atoms with Crippen LogP contribution in [-0.4, -0.2) is 35.4 Å². The summed E-state index contributed by atoms with van der Waals surface area (Å²) in [4.78, 5) is 28.6. The van der Waals surface area contributed by atoms with Crippen molar-refractivity contribution in [2.24, 2.45) is 0 Å². The van der Waals surface area contributed by atoms with Crippen molar-refractivity contribution < 1.29 is 18.7 Å². The number of halogens is 1. The van der Waals surface area contributed by atoms with Crippen LogP contribution in [0.1, 0.15) is 42.5 Å². The second kappa shape index (κ2) is 12.9. The summed E-state index contributed by atoms with van der Waals surface area (Å²) in [6.07, 6.45) is 1.12. The molecule has 1 N–H and O–H groups in total. The highest BCUT2D eigenvalue weighted by Crippen LogP contribution is 2.19. The second-order valence-corrected chi connectivity index (χ2v) is 9.21. The maximum absolute atomic E-state index is 13.6. The summed E-state index contributed by atoms with van der Waals surface area (Å²) in [6, 6.07) is 20.5. The van der Waals surface area contributed by atoms with Gasteiger partial charge in [0, 0.05) is 19.0 Å². The van der Waals surface area contributed by atoms with Gasteiger partial charge in [-0.05, 0) is 73.7 Å². The second-order valence-electron chi connectivity index (χ2n) is 9.21. The summed E-state index contributed by atoms with van der Waals surface area (Å²) in [5, 5.41) is 3.03. The summed E-state index contributed by atoms with van der Waals surface area (Å²) in [5.74, 6) is -0.311. The summed E-state index contributed by atoms with van der Waals surface area (Å²) in [5.41, 5.74) is 3.87. The molecule has 2 atom stereocenters. The molecule has 0 fully saturated rings. The van der Waals surface area contributed by atoms with Crippen molar-refractivity contribution in [2.45, 2.75) is 59.2 Å². The highest BCUT2D eigenvalue weighted by Gasteiger charge is 2.31. The van der Waals surface area contributed by atoms with E-state index in [9.17, 15) is 14.0 Å². The van der Waals surface area contributed by atoms with Gasteiger partial charge in [-0.3, -0.25) is 9.59 Å². The predicted octanol–water partition coefficient (Wildman–Crippen LogP) is 5.38. The molecule has 3 rings (SSSR count). The Balaban J connectivity index is 1.90. The van der Waals surface area contributed by atoms with Gasteiger partial charge in [0.1, 0.15) is 17.6 Å². The van der Waals surface area contributed by atoms with Gasteiger partial charge in [-0.1, -0.05) is 55.5 Å². The topological polar surface area (TPSA) is 58.6 Å². The van der Waals surface area contributed by atoms with Crippen LogP contribution >= 0.6 is 0 Å². The zero-order valence-corrected chi connectivity index (χ0v) is 21.5. The third-order valence-electron chi connectivity index (χ3n) is 6.38. The zero-order valence-electron chi connectivity index (χ0n) is 21.5. The summed E-state index contributed by atoms with van der Waals surface area (Å²) in [7, 11) is 0. The Morgan fingerprint density at radius 3 is 2.28 bits per heavy atom. The number of benzene rings is 3.